The summed E-state index contributed by atoms with van der Waals surface area (Å²) < 4.78 is 0. The fourth-order valence-electron chi connectivity index (χ4n) is 3.56. The first-order valence-corrected chi connectivity index (χ1v) is 7.66. The van der Waals surface area contributed by atoms with Gasteiger partial charge in [0.2, 0.25) is 5.91 Å². The first-order valence-electron chi connectivity index (χ1n) is 7.66. The summed E-state index contributed by atoms with van der Waals surface area (Å²) in [6, 6.07) is 0.526. The lowest BCUT2D eigenvalue weighted by atomic mass is 9.80. The van der Waals surface area contributed by atoms with Crippen LogP contribution in [-0.2, 0) is 4.79 Å². The van der Waals surface area contributed by atoms with Crippen molar-refractivity contribution in [3.8, 4) is 0 Å². The molecular weight excluding hydrogens is 224 g/mol. The number of amides is 1. The Hall–Kier alpha value is -0.570. The number of carbonyl (C=O) groups excluding carboxylic acids is 1. The zero-order valence-corrected chi connectivity index (χ0v) is 11.7. The molecule has 0 aromatic rings. The highest BCUT2D eigenvalue weighted by Gasteiger charge is 2.27. The van der Waals surface area contributed by atoms with Gasteiger partial charge in [0.05, 0.1) is 0 Å². The van der Waals surface area contributed by atoms with Crippen LogP contribution in [0.5, 0.6) is 0 Å². The molecule has 2 aliphatic rings. The van der Waals surface area contributed by atoms with E-state index in [9.17, 15) is 4.79 Å². The number of nitrogens with two attached hydrogens (primary N) is 1. The van der Waals surface area contributed by atoms with Crippen molar-refractivity contribution in [3.05, 3.63) is 0 Å². The molecule has 0 aliphatic heterocycles. The molecule has 0 spiro atoms. The van der Waals surface area contributed by atoms with Gasteiger partial charge in [-0.05, 0) is 56.9 Å². The smallest absolute Gasteiger partial charge is 0.222 e. The van der Waals surface area contributed by atoms with Gasteiger partial charge >= 0.3 is 0 Å². The van der Waals surface area contributed by atoms with Crippen LogP contribution < -0.4 is 5.73 Å². The summed E-state index contributed by atoms with van der Waals surface area (Å²) in [5.74, 6) is 1.70. The van der Waals surface area contributed by atoms with Crippen molar-refractivity contribution in [1.29, 1.82) is 0 Å². The molecule has 0 atom stereocenters. The van der Waals surface area contributed by atoms with Crippen molar-refractivity contribution in [1.82, 2.24) is 4.90 Å². The average Bonchev–Trinajstić information content (AvgIpc) is 2.92. The Morgan fingerprint density at radius 1 is 1.06 bits per heavy atom. The maximum absolute atomic E-state index is 12.3. The van der Waals surface area contributed by atoms with Crippen LogP contribution in [0, 0.1) is 11.8 Å². The van der Waals surface area contributed by atoms with Crippen LogP contribution in [-0.4, -0.2) is 30.4 Å². The second-order valence-electron chi connectivity index (χ2n) is 6.27. The van der Waals surface area contributed by atoms with Crippen molar-refractivity contribution in [3.63, 3.8) is 0 Å². The molecule has 2 N–H and O–H groups in total. The van der Waals surface area contributed by atoms with Crippen molar-refractivity contribution in [2.24, 2.45) is 17.6 Å². The van der Waals surface area contributed by atoms with Gasteiger partial charge in [0.1, 0.15) is 0 Å². The van der Waals surface area contributed by atoms with Crippen LogP contribution >= 0.6 is 0 Å². The van der Waals surface area contributed by atoms with Crippen LogP contribution in [0.3, 0.4) is 0 Å². The Kier molecular flexibility index (Phi) is 5.04. The Bertz CT molecular complexity index is 266. The maximum atomic E-state index is 12.3. The van der Waals surface area contributed by atoms with Gasteiger partial charge < -0.3 is 10.6 Å². The van der Waals surface area contributed by atoms with Gasteiger partial charge in [0, 0.05) is 19.5 Å². The second-order valence-corrected chi connectivity index (χ2v) is 6.27. The van der Waals surface area contributed by atoms with E-state index >= 15 is 0 Å². The summed E-state index contributed by atoms with van der Waals surface area (Å²) in [5, 5.41) is 0. The molecule has 1 amide bonds. The largest absolute Gasteiger partial charge is 0.343 e. The van der Waals surface area contributed by atoms with E-state index in [1.807, 2.05) is 11.9 Å². The van der Waals surface area contributed by atoms with Crippen molar-refractivity contribution < 1.29 is 4.79 Å². The summed E-state index contributed by atoms with van der Waals surface area (Å²) in [6.45, 7) is 0.822. The Morgan fingerprint density at radius 2 is 1.61 bits per heavy atom. The molecule has 3 heteroatoms. The lowest BCUT2D eigenvalue weighted by Crippen LogP contribution is -2.36. The third-order valence-corrected chi connectivity index (χ3v) is 5.03. The number of nitrogens with zero attached hydrogens (tertiary/aromatic N) is 1. The van der Waals surface area contributed by atoms with E-state index in [0.717, 1.165) is 13.0 Å². The van der Waals surface area contributed by atoms with E-state index in [0.29, 0.717) is 23.8 Å². The molecular formula is C15H28N2O. The second kappa shape index (κ2) is 6.55. The van der Waals surface area contributed by atoms with Crippen LogP contribution in [0.15, 0.2) is 0 Å². The first-order chi connectivity index (χ1) is 8.70. The first kappa shape index (κ1) is 13.9. The molecule has 2 aliphatic carbocycles. The number of hydrogen-bond acceptors (Lipinski definition) is 2. The Labute approximate surface area is 111 Å². The fraction of sp³-hybridized carbons (Fsp3) is 0.933. The van der Waals surface area contributed by atoms with Crippen LogP contribution in [0.2, 0.25) is 0 Å². The zero-order valence-electron chi connectivity index (χ0n) is 11.7. The minimum absolute atomic E-state index is 0.373. The molecule has 104 valence electrons. The molecule has 0 heterocycles. The summed E-state index contributed by atoms with van der Waals surface area (Å²) in [7, 11) is 2.00. The Balaban J connectivity index is 1.73. The van der Waals surface area contributed by atoms with Gasteiger partial charge in [-0.25, -0.2) is 0 Å². The monoisotopic (exact) mass is 252 g/mol. The van der Waals surface area contributed by atoms with Gasteiger partial charge in [-0.2, -0.15) is 0 Å². The third kappa shape index (κ3) is 3.47. The minimum atomic E-state index is 0.373. The van der Waals surface area contributed by atoms with Crippen LogP contribution in [0.1, 0.15) is 57.8 Å². The molecule has 2 rings (SSSR count). The van der Waals surface area contributed by atoms with Gasteiger partial charge in [0.25, 0.3) is 0 Å². The molecule has 0 saturated heterocycles. The molecule has 2 fully saturated rings. The molecule has 3 nitrogen and oxygen atoms in total. The number of carbonyl (C=O) groups is 1. The normalized spacial score (nSPS) is 29.4. The quantitative estimate of drug-likeness (QED) is 0.835. The molecule has 0 bridgehead atoms. The lowest BCUT2D eigenvalue weighted by Gasteiger charge is -2.30. The predicted molar refractivity (Wildman–Crippen MR) is 74.1 cm³/mol. The van der Waals surface area contributed by atoms with E-state index in [4.69, 9.17) is 5.73 Å². The summed E-state index contributed by atoms with van der Waals surface area (Å²) in [6.07, 6.45) is 10.6. The van der Waals surface area contributed by atoms with Crippen molar-refractivity contribution in [2.75, 3.05) is 13.6 Å². The van der Waals surface area contributed by atoms with E-state index in [2.05, 4.69) is 0 Å². The molecule has 0 aromatic heterocycles. The van der Waals surface area contributed by atoms with E-state index in [-0.39, 0.29) is 0 Å². The number of hydrogen-bond donors (Lipinski definition) is 1. The van der Waals surface area contributed by atoms with Crippen molar-refractivity contribution in [2.45, 2.75) is 63.8 Å². The van der Waals surface area contributed by atoms with Gasteiger partial charge in [0.15, 0.2) is 0 Å². The average molecular weight is 252 g/mol. The van der Waals surface area contributed by atoms with Gasteiger partial charge in [-0.3, -0.25) is 4.79 Å². The summed E-state index contributed by atoms with van der Waals surface area (Å²) >= 11 is 0. The highest BCUT2D eigenvalue weighted by Crippen LogP contribution is 2.31. The highest BCUT2D eigenvalue weighted by atomic mass is 16.2. The molecule has 0 unspecified atom stereocenters. The molecule has 2 saturated carbocycles. The minimum Gasteiger partial charge on any atom is -0.343 e. The molecule has 0 aromatic carbocycles. The zero-order chi connectivity index (χ0) is 13.0. The summed E-state index contributed by atoms with van der Waals surface area (Å²) in [5.41, 5.74) is 5.71. The topological polar surface area (TPSA) is 46.3 Å². The Morgan fingerprint density at radius 3 is 2.17 bits per heavy atom. The molecule has 0 radical (unpaired) electrons. The lowest BCUT2D eigenvalue weighted by molar-refractivity contribution is -0.133. The maximum Gasteiger partial charge on any atom is 0.222 e. The SMILES string of the molecule is CN(C(=O)CC1CCC(CN)CC1)C1CCCC1. The number of rotatable bonds is 4. The van der Waals surface area contributed by atoms with Crippen LogP contribution in [0.25, 0.3) is 0 Å². The fourth-order valence-corrected chi connectivity index (χ4v) is 3.56. The predicted octanol–water partition coefficient (Wildman–Crippen LogP) is 2.54. The van der Waals surface area contributed by atoms with E-state index in [1.54, 1.807) is 0 Å². The van der Waals surface area contributed by atoms with E-state index < -0.39 is 0 Å². The third-order valence-electron chi connectivity index (χ3n) is 5.03. The molecule has 18 heavy (non-hydrogen) atoms. The van der Waals surface area contributed by atoms with E-state index in [1.165, 1.54) is 51.4 Å². The van der Waals surface area contributed by atoms with Crippen molar-refractivity contribution >= 4 is 5.91 Å². The standard InChI is InChI=1S/C15H28N2O/c1-17(14-4-2-3-5-14)15(18)10-12-6-8-13(11-16)9-7-12/h12-14H,2-11,16H2,1H3. The van der Waals surface area contributed by atoms with Crippen LogP contribution in [0.4, 0.5) is 0 Å². The van der Waals surface area contributed by atoms with Gasteiger partial charge in [-0.15, -0.1) is 0 Å². The highest BCUT2D eigenvalue weighted by molar-refractivity contribution is 5.76. The summed E-state index contributed by atoms with van der Waals surface area (Å²) in [4.78, 5) is 14.3. The van der Waals surface area contributed by atoms with Gasteiger partial charge in [-0.1, -0.05) is 12.8 Å².